The lowest BCUT2D eigenvalue weighted by Crippen LogP contribution is -2.05. The second kappa shape index (κ2) is 5.71. The van der Waals surface area contributed by atoms with Gasteiger partial charge in [0.2, 0.25) is 0 Å². The Morgan fingerprint density at radius 1 is 1.37 bits per heavy atom. The van der Waals surface area contributed by atoms with E-state index in [1.165, 1.54) is 6.07 Å². The maximum Gasteiger partial charge on any atom is 0.339 e. The number of aryl methyl sites for hydroxylation is 1. The second-order valence-electron chi connectivity index (χ2n) is 3.92. The Morgan fingerprint density at radius 3 is 2.79 bits per heavy atom. The summed E-state index contributed by atoms with van der Waals surface area (Å²) in [5.74, 6) is -0.720. The minimum absolute atomic E-state index is 0.114. The fraction of sp³-hybridized carbons (Fsp3) is 0.0769. The zero-order valence-corrected chi connectivity index (χ0v) is 13.1. The van der Waals surface area contributed by atoms with E-state index in [1.807, 2.05) is 25.1 Å². The number of rotatable bonds is 3. The van der Waals surface area contributed by atoms with E-state index in [9.17, 15) is 9.90 Å². The quantitative estimate of drug-likeness (QED) is 0.824. The van der Waals surface area contributed by atoms with Crippen LogP contribution in [0.25, 0.3) is 0 Å². The van der Waals surface area contributed by atoms with Crippen molar-refractivity contribution in [1.82, 2.24) is 4.98 Å². The van der Waals surface area contributed by atoms with Gasteiger partial charge in [-0.25, -0.2) is 9.78 Å². The van der Waals surface area contributed by atoms with Crippen molar-refractivity contribution in [2.24, 2.45) is 0 Å². The highest BCUT2D eigenvalue weighted by atomic mass is 79.9. The largest absolute Gasteiger partial charge is 0.478 e. The first-order chi connectivity index (χ1) is 8.99. The van der Waals surface area contributed by atoms with Crippen molar-refractivity contribution in [2.75, 3.05) is 5.32 Å². The minimum atomic E-state index is -1.03. The predicted molar refractivity (Wildman–Crippen MR) is 81.1 cm³/mol. The smallest absolute Gasteiger partial charge is 0.339 e. The number of nitrogens with one attached hydrogen (secondary N) is 1. The second-order valence-corrected chi connectivity index (χ2v) is 5.62. The van der Waals surface area contributed by atoms with Crippen LogP contribution >= 0.6 is 31.9 Å². The van der Waals surface area contributed by atoms with Crippen molar-refractivity contribution in [1.29, 1.82) is 0 Å². The molecule has 1 aromatic heterocycles. The summed E-state index contributed by atoms with van der Waals surface area (Å²) in [5, 5.41) is 12.2. The van der Waals surface area contributed by atoms with E-state index in [0.29, 0.717) is 10.3 Å². The van der Waals surface area contributed by atoms with Crippen molar-refractivity contribution < 1.29 is 9.90 Å². The number of aromatic nitrogens is 1. The summed E-state index contributed by atoms with van der Waals surface area (Å²) in [6.45, 7) is 1.96. The van der Waals surface area contributed by atoms with E-state index in [4.69, 9.17) is 0 Å². The monoisotopic (exact) mass is 384 g/mol. The zero-order valence-electron chi connectivity index (χ0n) is 9.95. The van der Waals surface area contributed by atoms with Crippen molar-refractivity contribution in [3.8, 4) is 0 Å². The number of aromatic carboxylic acids is 1. The maximum atomic E-state index is 11.2. The molecule has 2 rings (SSSR count). The van der Waals surface area contributed by atoms with Crippen LogP contribution in [0.5, 0.6) is 0 Å². The lowest BCUT2D eigenvalue weighted by Gasteiger charge is -2.11. The Kier molecular flexibility index (Phi) is 4.21. The van der Waals surface area contributed by atoms with Crippen molar-refractivity contribution in [3.63, 3.8) is 0 Å². The van der Waals surface area contributed by atoms with Gasteiger partial charge in [-0.2, -0.15) is 0 Å². The van der Waals surface area contributed by atoms with Gasteiger partial charge in [-0.1, -0.05) is 12.1 Å². The molecular weight excluding hydrogens is 376 g/mol. The van der Waals surface area contributed by atoms with E-state index >= 15 is 0 Å². The van der Waals surface area contributed by atoms with Gasteiger partial charge in [0.25, 0.3) is 0 Å². The Balaban J connectivity index is 2.44. The Labute approximate surface area is 127 Å². The number of carboxylic acid groups (broad SMARTS) is 1. The molecule has 0 aliphatic carbocycles. The molecule has 0 bridgehead atoms. The molecule has 1 heterocycles. The lowest BCUT2D eigenvalue weighted by atomic mass is 10.2. The summed E-state index contributed by atoms with van der Waals surface area (Å²) in [6, 6.07) is 7.22. The third-order valence-electron chi connectivity index (χ3n) is 2.53. The van der Waals surface area contributed by atoms with Gasteiger partial charge in [0, 0.05) is 15.1 Å². The minimum Gasteiger partial charge on any atom is -0.478 e. The van der Waals surface area contributed by atoms with E-state index in [-0.39, 0.29) is 5.56 Å². The standard InChI is InChI=1S/C13H10Br2N2O2/c1-7-3-2-4-10(11(7)15)17-12-9(13(18)19)5-8(14)6-16-12/h2-6H,1H3,(H,16,17)(H,18,19). The fourth-order valence-electron chi connectivity index (χ4n) is 1.57. The summed E-state index contributed by atoms with van der Waals surface area (Å²) in [4.78, 5) is 15.3. The molecule has 0 aliphatic heterocycles. The van der Waals surface area contributed by atoms with Crippen molar-refractivity contribution in [3.05, 3.63) is 50.5 Å². The number of hydrogen-bond donors (Lipinski definition) is 2. The Bertz CT molecular complexity index is 645. The number of nitrogens with zero attached hydrogens (tertiary/aromatic N) is 1. The normalized spacial score (nSPS) is 10.3. The lowest BCUT2D eigenvalue weighted by molar-refractivity contribution is 0.0697. The van der Waals surface area contributed by atoms with Crippen molar-refractivity contribution in [2.45, 2.75) is 6.92 Å². The predicted octanol–water partition coefficient (Wildman–Crippen LogP) is 4.36. The molecule has 2 aromatic rings. The van der Waals surface area contributed by atoms with Crippen LogP contribution in [-0.2, 0) is 0 Å². The van der Waals surface area contributed by atoms with Crippen molar-refractivity contribution >= 4 is 49.3 Å². The van der Waals surface area contributed by atoms with Gasteiger partial charge in [-0.15, -0.1) is 0 Å². The SMILES string of the molecule is Cc1cccc(Nc2ncc(Br)cc2C(=O)O)c1Br. The average Bonchev–Trinajstić information content (AvgIpc) is 2.36. The van der Waals surface area contributed by atoms with Gasteiger partial charge in [0.1, 0.15) is 11.4 Å². The number of hydrogen-bond acceptors (Lipinski definition) is 3. The molecule has 0 saturated heterocycles. The Hall–Kier alpha value is -1.40. The Morgan fingerprint density at radius 2 is 2.11 bits per heavy atom. The van der Waals surface area contributed by atoms with E-state index in [1.54, 1.807) is 6.20 Å². The first-order valence-corrected chi connectivity index (χ1v) is 6.98. The molecule has 0 radical (unpaired) electrons. The third kappa shape index (κ3) is 3.13. The first kappa shape index (κ1) is 14.0. The van der Waals surface area contributed by atoms with Crippen LogP contribution in [0.1, 0.15) is 15.9 Å². The number of carbonyl (C=O) groups is 1. The highest BCUT2D eigenvalue weighted by Crippen LogP contribution is 2.29. The summed E-state index contributed by atoms with van der Waals surface area (Å²) in [6.07, 6.45) is 1.55. The molecule has 19 heavy (non-hydrogen) atoms. The molecule has 6 heteroatoms. The molecule has 2 N–H and O–H groups in total. The molecule has 0 atom stereocenters. The number of carboxylic acids is 1. The number of halogens is 2. The van der Waals surface area contributed by atoms with E-state index in [2.05, 4.69) is 42.2 Å². The van der Waals surface area contributed by atoms with E-state index in [0.717, 1.165) is 15.7 Å². The molecule has 0 spiro atoms. The molecule has 0 unspecified atom stereocenters. The number of anilines is 2. The van der Waals surface area contributed by atoms with Crippen LogP contribution in [0.3, 0.4) is 0 Å². The van der Waals surface area contributed by atoms with Crippen LogP contribution in [0.15, 0.2) is 39.4 Å². The highest BCUT2D eigenvalue weighted by molar-refractivity contribution is 9.11. The molecular formula is C13H10Br2N2O2. The van der Waals surface area contributed by atoms with Gasteiger partial charge in [-0.05, 0) is 56.5 Å². The zero-order chi connectivity index (χ0) is 14.0. The average molecular weight is 386 g/mol. The molecule has 98 valence electrons. The molecule has 0 amide bonds. The molecule has 0 aliphatic rings. The molecule has 0 saturated carbocycles. The maximum absolute atomic E-state index is 11.2. The van der Waals surface area contributed by atoms with Gasteiger partial charge >= 0.3 is 5.97 Å². The summed E-state index contributed by atoms with van der Waals surface area (Å²) in [5.41, 5.74) is 1.94. The van der Waals surface area contributed by atoms with Gasteiger partial charge in [0.05, 0.1) is 5.69 Å². The topological polar surface area (TPSA) is 62.2 Å². The number of benzene rings is 1. The molecule has 0 fully saturated rings. The van der Waals surface area contributed by atoms with Crippen LogP contribution in [0.2, 0.25) is 0 Å². The van der Waals surface area contributed by atoms with Crippen LogP contribution in [-0.4, -0.2) is 16.1 Å². The summed E-state index contributed by atoms with van der Waals surface area (Å²) in [7, 11) is 0. The van der Waals surface area contributed by atoms with E-state index < -0.39 is 5.97 Å². The van der Waals surface area contributed by atoms with Crippen LogP contribution in [0, 0.1) is 6.92 Å². The molecule has 1 aromatic carbocycles. The highest BCUT2D eigenvalue weighted by Gasteiger charge is 2.13. The van der Waals surface area contributed by atoms with Gasteiger partial charge in [0.15, 0.2) is 0 Å². The first-order valence-electron chi connectivity index (χ1n) is 5.40. The van der Waals surface area contributed by atoms with Crippen LogP contribution in [0.4, 0.5) is 11.5 Å². The fourth-order valence-corrected chi connectivity index (χ4v) is 2.27. The number of pyridine rings is 1. The van der Waals surface area contributed by atoms with Crippen LogP contribution < -0.4 is 5.32 Å². The van der Waals surface area contributed by atoms with Gasteiger partial charge in [-0.3, -0.25) is 0 Å². The summed E-state index contributed by atoms with van der Waals surface area (Å²) >= 11 is 6.68. The third-order valence-corrected chi connectivity index (χ3v) is 4.02. The van der Waals surface area contributed by atoms with Gasteiger partial charge < -0.3 is 10.4 Å². The molecule has 4 nitrogen and oxygen atoms in total. The summed E-state index contributed by atoms with van der Waals surface area (Å²) < 4.78 is 1.51.